The van der Waals surface area contributed by atoms with E-state index in [0.717, 1.165) is 21.9 Å². The molecule has 3 rings (SSSR count). The van der Waals surface area contributed by atoms with Crippen molar-refractivity contribution in [3.05, 3.63) is 93.5 Å². The molecular formula is C32H39Cl2N3O4S. The topological polar surface area (TPSA) is 86.8 Å². The molecule has 0 aliphatic heterocycles. The zero-order valence-electron chi connectivity index (χ0n) is 24.7. The van der Waals surface area contributed by atoms with Gasteiger partial charge in [-0.05, 0) is 73.2 Å². The second-order valence-corrected chi connectivity index (χ2v) is 13.2. The Morgan fingerprint density at radius 2 is 1.57 bits per heavy atom. The molecule has 7 nitrogen and oxygen atoms in total. The largest absolute Gasteiger partial charge is 0.354 e. The van der Waals surface area contributed by atoms with Crippen LogP contribution in [-0.2, 0) is 26.2 Å². The lowest BCUT2D eigenvalue weighted by atomic mass is 10.0. The minimum Gasteiger partial charge on any atom is -0.354 e. The number of carbonyl (C=O) groups is 2. The van der Waals surface area contributed by atoms with Gasteiger partial charge in [-0.25, -0.2) is 8.42 Å². The Kier molecular flexibility index (Phi) is 11.9. The van der Waals surface area contributed by atoms with E-state index in [1.165, 1.54) is 17.0 Å². The molecular weight excluding hydrogens is 593 g/mol. The van der Waals surface area contributed by atoms with Crippen molar-refractivity contribution >= 4 is 50.7 Å². The lowest BCUT2D eigenvalue weighted by molar-refractivity contribution is -0.140. The number of nitrogens with one attached hydrogen (secondary N) is 1. The van der Waals surface area contributed by atoms with Crippen molar-refractivity contribution in [1.29, 1.82) is 0 Å². The fourth-order valence-electron chi connectivity index (χ4n) is 4.51. The van der Waals surface area contributed by atoms with Crippen LogP contribution >= 0.6 is 23.2 Å². The van der Waals surface area contributed by atoms with Gasteiger partial charge in [0.1, 0.15) is 12.6 Å². The number of amides is 2. The summed E-state index contributed by atoms with van der Waals surface area (Å²) in [5, 5.41) is 3.66. The van der Waals surface area contributed by atoms with Crippen LogP contribution in [0.25, 0.3) is 0 Å². The van der Waals surface area contributed by atoms with Gasteiger partial charge in [0.25, 0.3) is 10.0 Å². The number of nitrogens with zero attached hydrogens (tertiary/aromatic N) is 2. The zero-order chi connectivity index (χ0) is 31.0. The third kappa shape index (κ3) is 8.27. The van der Waals surface area contributed by atoms with Gasteiger partial charge in [-0.1, -0.05) is 86.8 Å². The minimum atomic E-state index is -4.14. The molecule has 2 amide bonds. The quantitative estimate of drug-likeness (QED) is 0.221. The molecule has 0 radical (unpaired) electrons. The molecule has 0 aromatic heterocycles. The minimum absolute atomic E-state index is 0.00239. The van der Waals surface area contributed by atoms with E-state index in [0.29, 0.717) is 34.3 Å². The zero-order valence-corrected chi connectivity index (χ0v) is 27.1. The van der Waals surface area contributed by atoms with E-state index in [-0.39, 0.29) is 23.3 Å². The smallest absolute Gasteiger partial charge is 0.264 e. The first kappa shape index (κ1) is 33.4. The van der Waals surface area contributed by atoms with Gasteiger partial charge in [0.2, 0.25) is 11.8 Å². The second kappa shape index (κ2) is 14.9. The summed E-state index contributed by atoms with van der Waals surface area (Å²) in [6, 6.07) is 17.7. The Balaban J connectivity index is 2.09. The number of aryl methyl sites for hydroxylation is 1. The number of halogens is 2. The van der Waals surface area contributed by atoms with Gasteiger partial charge < -0.3 is 10.2 Å². The van der Waals surface area contributed by atoms with Crippen LogP contribution in [0.1, 0.15) is 63.1 Å². The molecule has 0 saturated carbocycles. The summed E-state index contributed by atoms with van der Waals surface area (Å²) in [5.41, 5.74) is 2.88. The standard InChI is InChI=1S/C32H39Cl2N3O4S/c1-6-18-35-32(39)30(7-2)36(20-25-10-13-26(33)19-29(25)34)31(38)21-37(27-14-11-24(12-15-27)22(3)4)42(40,41)28-16-8-23(5)9-17-28/h8-17,19,22,30H,6-7,18,20-21H2,1-5H3,(H,35,39)/t30-/m0/s1. The highest BCUT2D eigenvalue weighted by Gasteiger charge is 2.34. The highest BCUT2D eigenvalue weighted by molar-refractivity contribution is 7.92. The summed E-state index contributed by atoms with van der Waals surface area (Å²) in [6.07, 6.45) is 1.05. The number of hydrogen-bond donors (Lipinski definition) is 1. The highest BCUT2D eigenvalue weighted by Crippen LogP contribution is 2.28. The van der Waals surface area contributed by atoms with E-state index in [9.17, 15) is 18.0 Å². The summed E-state index contributed by atoms with van der Waals surface area (Å²) in [6.45, 7) is 9.66. The van der Waals surface area contributed by atoms with Crippen molar-refractivity contribution < 1.29 is 18.0 Å². The summed E-state index contributed by atoms with van der Waals surface area (Å²) in [5.74, 6) is -0.607. The molecule has 0 fully saturated rings. The van der Waals surface area contributed by atoms with E-state index in [4.69, 9.17) is 23.2 Å². The molecule has 0 spiro atoms. The average Bonchev–Trinajstić information content (AvgIpc) is 2.95. The predicted octanol–water partition coefficient (Wildman–Crippen LogP) is 6.95. The maximum atomic E-state index is 14.2. The summed E-state index contributed by atoms with van der Waals surface area (Å²) in [7, 11) is -4.14. The molecule has 0 unspecified atom stereocenters. The van der Waals surface area contributed by atoms with Crippen molar-refractivity contribution in [2.24, 2.45) is 0 Å². The van der Waals surface area contributed by atoms with Gasteiger partial charge in [-0.2, -0.15) is 0 Å². The first-order chi connectivity index (χ1) is 19.9. The van der Waals surface area contributed by atoms with Crippen LogP contribution in [0.5, 0.6) is 0 Å². The lowest BCUT2D eigenvalue weighted by Crippen LogP contribution is -2.52. The maximum absolute atomic E-state index is 14.2. The number of hydrogen-bond acceptors (Lipinski definition) is 4. The normalized spacial score (nSPS) is 12.2. The molecule has 0 bridgehead atoms. The average molecular weight is 633 g/mol. The van der Waals surface area contributed by atoms with Gasteiger partial charge >= 0.3 is 0 Å². The van der Waals surface area contributed by atoms with Crippen LogP contribution in [0.3, 0.4) is 0 Å². The van der Waals surface area contributed by atoms with E-state index in [2.05, 4.69) is 5.32 Å². The number of rotatable bonds is 13. The number of sulfonamides is 1. The Morgan fingerprint density at radius 1 is 0.929 bits per heavy atom. The first-order valence-corrected chi connectivity index (χ1v) is 16.3. The van der Waals surface area contributed by atoms with Crippen molar-refractivity contribution in [3.63, 3.8) is 0 Å². The summed E-state index contributed by atoms with van der Waals surface area (Å²) >= 11 is 12.6. The first-order valence-electron chi connectivity index (χ1n) is 14.1. The number of carbonyl (C=O) groups excluding carboxylic acids is 2. The van der Waals surface area contributed by atoms with Crippen molar-refractivity contribution in [3.8, 4) is 0 Å². The van der Waals surface area contributed by atoms with E-state index in [1.54, 1.807) is 42.5 Å². The third-order valence-electron chi connectivity index (χ3n) is 7.03. The summed E-state index contributed by atoms with van der Waals surface area (Å²) in [4.78, 5) is 28.9. The molecule has 10 heteroatoms. The van der Waals surface area contributed by atoms with Crippen molar-refractivity contribution in [2.45, 2.75) is 70.9 Å². The SMILES string of the molecule is CCCNC(=O)[C@H](CC)N(Cc1ccc(Cl)cc1Cl)C(=O)CN(c1ccc(C(C)C)cc1)S(=O)(=O)c1ccc(C)cc1. The second-order valence-electron chi connectivity index (χ2n) is 10.5. The van der Waals surface area contributed by atoms with Gasteiger partial charge in [0.15, 0.2) is 0 Å². The van der Waals surface area contributed by atoms with Crippen LogP contribution in [0.4, 0.5) is 5.69 Å². The third-order valence-corrected chi connectivity index (χ3v) is 9.40. The molecule has 42 heavy (non-hydrogen) atoms. The Bertz CT molecular complexity index is 1480. The molecule has 1 atom stereocenters. The van der Waals surface area contributed by atoms with Gasteiger partial charge in [0.05, 0.1) is 10.6 Å². The van der Waals surface area contributed by atoms with Crippen LogP contribution in [0, 0.1) is 6.92 Å². The Labute approximate surface area is 259 Å². The van der Waals surface area contributed by atoms with Gasteiger partial charge in [-0.3, -0.25) is 13.9 Å². The Hall–Kier alpha value is -3.07. The number of benzene rings is 3. The molecule has 0 aliphatic carbocycles. The highest BCUT2D eigenvalue weighted by atomic mass is 35.5. The van der Waals surface area contributed by atoms with E-state index >= 15 is 0 Å². The molecule has 0 saturated heterocycles. The fraction of sp³-hybridized carbons (Fsp3) is 0.375. The molecule has 226 valence electrons. The molecule has 3 aromatic rings. The predicted molar refractivity (Wildman–Crippen MR) is 171 cm³/mol. The number of anilines is 1. The lowest BCUT2D eigenvalue weighted by Gasteiger charge is -2.33. The van der Waals surface area contributed by atoms with Crippen LogP contribution in [0.2, 0.25) is 10.0 Å². The van der Waals surface area contributed by atoms with Crippen molar-refractivity contribution in [2.75, 3.05) is 17.4 Å². The van der Waals surface area contributed by atoms with Crippen LogP contribution in [-0.4, -0.2) is 44.3 Å². The van der Waals surface area contributed by atoms with Crippen molar-refractivity contribution in [1.82, 2.24) is 10.2 Å². The van der Waals surface area contributed by atoms with Gasteiger partial charge in [-0.15, -0.1) is 0 Å². The van der Waals surface area contributed by atoms with Crippen LogP contribution in [0.15, 0.2) is 71.6 Å². The van der Waals surface area contributed by atoms with Gasteiger partial charge in [0, 0.05) is 23.1 Å². The fourth-order valence-corrected chi connectivity index (χ4v) is 6.39. The maximum Gasteiger partial charge on any atom is 0.264 e. The monoisotopic (exact) mass is 631 g/mol. The van der Waals surface area contributed by atoms with Crippen LogP contribution < -0.4 is 9.62 Å². The molecule has 0 aliphatic rings. The molecule has 3 aromatic carbocycles. The summed E-state index contributed by atoms with van der Waals surface area (Å²) < 4.78 is 29.2. The molecule has 0 heterocycles. The Morgan fingerprint density at radius 3 is 2.12 bits per heavy atom. The van der Waals surface area contributed by atoms with E-state index in [1.807, 2.05) is 46.8 Å². The van der Waals surface area contributed by atoms with E-state index < -0.39 is 28.5 Å². The molecule has 1 N–H and O–H groups in total.